The second-order valence-corrected chi connectivity index (χ2v) is 6.46. The van der Waals surface area contributed by atoms with E-state index in [4.69, 9.17) is 9.84 Å². The van der Waals surface area contributed by atoms with Crippen molar-refractivity contribution in [1.29, 1.82) is 0 Å². The van der Waals surface area contributed by atoms with Crippen molar-refractivity contribution in [3.63, 3.8) is 0 Å². The highest BCUT2D eigenvalue weighted by Gasteiger charge is 2.18. The molecule has 1 aliphatic heterocycles. The van der Waals surface area contributed by atoms with Crippen molar-refractivity contribution in [3.8, 4) is 0 Å². The van der Waals surface area contributed by atoms with E-state index in [9.17, 15) is 0 Å². The van der Waals surface area contributed by atoms with Gasteiger partial charge in [0.2, 0.25) is 0 Å². The summed E-state index contributed by atoms with van der Waals surface area (Å²) in [6.45, 7) is 4.65. The predicted octanol–water partition coefficient (Wildman–Crippen LogP) is 1.81. The molecule has 0 bridgehead atoms. The van der Waals surface area contributed by atoms with Crippen LogP contribution in [-0.2, 0) is 11.3 Å². The van der Waals surface area contributed by atoms with Gasteiger partial charge in [0.15, 0.2) is 0 Å². The van der Waals surface area contributed by atoms with Gasteiger partial charge in [0, 0.05) is 32.4 Å². The maximum Gasteiger partial charge on any atom is 0.0826 e. The molecule has 118 valence electrons. The highest BCUT2D eigenvalue weighted by molar-refractivity contribution is 4.99. The lowest BCUT2D eigenvalue weighted by atomic mass is 9.96. The van der Waals surface area contributed by atoms with Gasteiger partial charge in [-0.05, 0) is 26.0 Å². The van der Waals surface area contributed by atoms with Crippen LogP contribution in [0.2, 0.25) is 0 Å². The Morgan fingerprint density at radius 3 is 3.00 bits per heavy atom. The van der Waals surface area contributed by atoms with Crippen molar-refractivity contribution in [2.24, 2.45) is 0 Å². The third-order valence-electron chi connectivity index (χ3n) is 4.63. The second-order valence-electron chi connectivity index (χ2n) is 6.46. The summed E-state index contributed by atoms with van der Waals surface area (Å²) in [5.41, 5.74) is 1.14. The largest absolute Gasteiger partial charge is 0.374 e. The molecule has 0 radical (unpaired) electrons. The van der Waals surface area contributed by atoms with Gasteiger partial charge in [-0.15, -0.1) is 0 Å². The number of rotatable bonds is 5. The lowest BCUT2D eigenvalue weighted by Crippen LogP contribution is -2.44. The molecule has 1 N–H and O–H groups in total. The Bertz CT molecular complexity index is 428. The van der Waals surface area contributed by atoms with E-state index in [0.29, 0.717) is 12.1 Å². The molecule has 2 aliphatic rings. The molecule has 0 amide bonds. The summed E-state index contributed by atoms with van der Waals surface area (Å²) in [6, 6.07) is 2.78. The van der Waals surface area contributed by atoms with Gasteiger partial charge in [0.1, 0.15) is 0 Å². The van der Waals surface area contributed by atoms with Gasteiger partial charge in [-0.3, -0.25) is 4.68 Å². The average Bonchev–Trinajstić information content (AvgIpc) is 2.97. The second kappa shape index (κ2) is 7.38. The first-order chi connectivity index (χ1) is 10.3. The lowest BCUT2D eigenvalue weighted by molar-refractivity contribution is -0.0182. The minimum atomic E-state index is 0.309. The summed E-state index contributed by atoms with van der Waals surface area (Å²) in [6.07, 6.45) is 9.13. The molecule has 1 saturated heterocycles. The number of morpholine rings is 1. The first-order valence-electron chi connectivity index (χ1n) is 8.36. The molecule has 2 fully saturated rings. The highest BCUT2D eigenvalue weighted by atomic mass is 16.5. The molecule has 5 nitrogen and oxygen atoms in total. The van der Waals surface area contributed by atoms with Crippen molar-refractivity contribution in [2.45, 2.75) is 50.8 Å². The summed E-state index contributed by atoms with van der Waals surface area (Å²) in [4.78, 5) is 2.33. The zero-order chi connectivity index (χ0) is 14.5. The molecule has 1 saturated carbocycles. The topological polar surface area (TPSA) is 42.3 Å². The normalized spacial score (nSPS) is 25.3. The van der Waals surface area contributed by atoms with Gasteiger partial charge in [-0.25, -0.2) is 0 Å². The monoisotopic (exact) mass is 292 g/mol. The van der Waals surface area contributed by atoms with Gasteiger partial charge in [0.25, 0.3) is 0 Å². The van der Waals surface area contributed by atoms with Crippen molar-refractivity contribution in [3.05, 3.63) is 18.0 Å². The molecule has 1 aliphatic carbocycles. The van der Waals surface area contributed by atoms with Gasteiger partial charge in [-0.2, -0.15) is 5.10 Å². The van der Waals surface area contributed by atoms with E-state index in [1.807, 2.05) is 0 Å². The number of nitrogens with zero attached hydrogens (tertiary/aromatic N) is 3. The molecule has 1 atom stereocenters. The summed E-state index contributed by atoms with van der Waals surface area (Å²) < 4.78 is 7.94. The molecule has 1 unspecified atom stereocenters. The molecule has 5 heteroatoms. The van der Waals surface area contributed by atoms with Gasteiger partial charge < -0.3 is 15.0 Å². The van der Waals surface area contributed by atoms with Crippen molar-refractivity contribution in [1.82, 2.24) is 20.0 Å². The van der Waals surface area contributed by atoms with Crippen molar-refractivity contribution >= 4 is 0 Å². The van der Waals surface area contributed by atoms with E-state index in [-0.39, 0.29) is 0 Å². The Morgan fingerprint density at radius 2 is 2.19 bits per heavy atom. The standard InChI is InChI=1S/C16H28N4O/c1-19-9-10-21-16(13-19)12-17-11-14-7-8-20(18-14)15-5-3-2-4-6-15/h7-8,15-17H,2-6,9-13H2,1H3. The number of aromatic nitrogens is 2. The van der Waals surface area contributed by atoms with Crippen LogP contribution in [0.5, 0.6) is 0 Å². The lowest BCUT2D eigenvalue weighted by Gasteiger charge is -2.30. The van der Waals surface area contributed by atoms with Crippen LogP contribution in [-0.4, -0.2) is 54.1 Å². The Hall–Kier alpha value is -0.910. The summed E-state index contributed by atoms with van der Waals surface area (Å²) in [5, 5.41) is 8.22. The van der Waals surface area contributed by atoms with E-state index >= 15 is 0 Å². The molecular weight excluding hydrogens is 264 g/mol. The molecule has 1 aromatic rings. The van der Waals surface area contributed by atoms with Crippen molar-refractivity contribution in [2.75, 3.05) is 33.3 Å². The van der Waals surface area contributed by atoms with Crippen LogP contribution < -0.4 is 5.32 Å². The minimum absolute atomic E-state index is 0.309. The van der Waals surface area contributed by atoms with Crippen LogP contribution in [0.25, 0.3) is 0 Å². The average molecular weight is 292 g/mol. The fourth-order valence-corrected chi connectivity index (χ4v) is 3.37. The minimum Gasteiger partial charge on any atom is -0.374 e. The summed E-state index contributed by atoms with van der Waals surface area (Å²) in [5.74, 6) is 0. The van der Waals surface area contributed by atoms with Crippen LogP contribution in [0.4, 0.5) is 0 Å². The highest BCUT2D eigenvalue weighted by Crippen LogP contribution is 2.27. The molecule has 1 aromatic heterocycles. The zero-order valence-corrected chi connectivity index (χ0v) is 13.1. The van der Waals surface area contributed by atoms with Crippen LogP contribution >= 0.6 is 0 Å². The van der Waals surface area contributed by atoms with Gasteiger partial charge in [-0.1, -0.05) is 19.3 Å². The van der Waals surface area contributed by atoms with Crippen LogP contribution in [0.3, 0.4) is 0 Å². The molecule has 0 aromatic carbocycles. The van der Waals surface area contributed by atoms with E-state index < -0.39 is 0 Å². The smallest absolute Gasteiger partial charge is 0.0826 e. The number of ether oxygens (including phenoxy) is 1. The fraction of sp³-hybridized carbons (Fsp3) is 0.812. The first-order valence-corrected chi connectivity index (χ1v) is 8.36. The van der Waals surface area contributed by atoms with E-state index in [0.717, 1.165) is 38.5 Å². The third-order valence-corrected chi connectivity index (χ3v) is 4.63. The number of likely N-dealkylation sites (N-methyl/N-ethyl adjacent to an activating group) is 1. The van der Waals surface area contributed by atoms with Gasteiger partial charge >= 0.3 is 0 Å². The maximum atomic E-state index is 5.76. The van der Waals surface area contributed by atoms with Crippen LogP contribution in [0.1, 0.15) is 43.8 Å². The molecule has 2 heterocycles. The fourth-order valence-electron chi connectivity index (χ4n) is 3.37. The number of nitrogens with one attached hydrogen (secondary N) is 1. The predicted molar refractivity (Wildman–Crippen MR) is 83.3 cm³/mol. The summed E-state index contributed by atoms with van der Waals surface area (Å²) >= 11 is 0. The quantitative estimate of drug-likeness (QED) is 0.899. The van der Waals surface area contributed by atoms with Crippen LogP contribution in [0, 0.1) is 0 Å². The Labute approximate surface area is 127 Å². The van der Waals surface area contributed by atoms with Crippen molar-refractivity contribution < 1.29 is 4.74 Å². The molecule has 0 spiro atoms. The Morgan fingerprint density at radius 1 is 1.33 bits per heavy atom. The maximum absolute atomic E-state index is 5.76. The third kappa shape index (κ3) is 4.28. The number of hydrogen-bond acceptors (Lipinski definition) is 4. The first kappa shape index (κ1) is 15.0. The molecular formula is C16H28N4O. The van der Waals surface area contributed by atoms with E-state index in [1.54, 1.807) is 0 Å². The zero-order valence-electron chi connectivity index (χ0n) is 13.1. The number of hydrogen-bond donors (Lipinski definition) is 1. The van der Waals surface area contributed by atoms with E-state index in [1.165, 1.54) is 32.1 Å². The Kier molecular flexibility index (Phi) is 5.27. The molecule has 21 heavy (non-hydrogen) atoms. The Balaban J connectivity index is 1.42. The van der Waals surface area contributed by atoms with Crippen LogP contribution in [0.15, 0.2) is 12.3 Å². The van der Waals surface area contributed by atoms with Gasteiger partial charge in [0.05, 0.1) is 24.4 Å². The van der Waals surface area contributed by atoms with E-state index in [2.05, 4.69) is 34.2 Å². The summed E-state index contributed by atoms with van der Waals surface area (Å²) in [7, 11) is 2.15. The SMILES string of the molecule is CN1CCOC(CNCc2ccn(C3CCCCC3)n2)C1. The molecule has 3 rings (SSSR count).